The van der Waals surface area contributed by atoms with Gasteiger partial charge in [-0.1, -0.05) is 87.5 Å². The fourth-order valence-corrected chi connectivity index (χ4v) is 6.09. The first kappa shape index (κ1) is 34.3. The molecular weight excluding hydrogens is 604 g/mol. The Morgan fingerprint density at radius 1 is 0.848 bits per heavy atom. The standard InChI is InChI=1S/C35H40N4O6S/c1-34(2,3)31(32(40)41)39(33(42)45-35(4,5)6)29-16-12-15-27(37-29)28(38-46(43,44)30-17-10-11-22-36-30)23-24-18-20-26(21-19-24)25-13-8-7-9-14-25/h7-22,28,31,38H,23H2,1-6H3,(H,40,41). The van der Waals surface area contributed by atoms with Crippen LogP contribution in [0.5, 0.6) is 0 Å². The Labute approximate surface area is 270 Å². The van der Waals surface area contributed by atoms with E-state index in [0.717, 1.165) is 21.6 Å². The van der Waals surface area contributed by atoms with E-state index in [-0.39, 0.29) is 23.0 Å². The van der Waals surface area contributed by atoms with Gasteiger partial charge in [0.1, 0.15) is 17.5 Å². The minimum Gasteiger partial charge on any atom is -0.480 e. The molecule has 0 aliphatic carbocycles. The highest BCUT2D eigenvalue weighted by Crippen LogP contribution is 2.32. The van der Waals surface area contributed by atoms with Gasteiger partial charge >= 0.3 is 12.1 Å². The van der Waals surface area contributed by atoms with Crippen LogP contribution in [0.3, 0.4) is 0 Å². The summed E-state index contributed by atoms with van der Waals surface area (Å²) in [5, 5.41) is 10.1. The number of rotatable bonds is 10. The van der Waals surface area contributed by atoms with E-state index in [9.17, 15) is 23.1 Å². The molecule has 242 valence electrons. The van der Waals surface area contributed by atoms with Crippen molar-refractivity contribution in [3.63, 3.8) is 0 Å². The zero-order valence-corrected chi connectivity index (χ0v) is 27.7. The number of nitrogens with one attached hydrogen (secondary N) is 1. The maximum Gasteiger partial charge on any atom is 0.416 e. The molecule has 2 aromatic carbocycles. The van der Waals surface area contributed by atoms with Crippen LogP contribution in [0.4, 0.5) is 10.6 Å². The van der Waals surface area contributed by atoms with Gasteiger partial charge in [0.05, 0.1) is 11.7 Å². The normalized spacial score (nSPS) is 13.4. The van der Waals surface area contributed by atoms with E-state index in [2.05, 4.69) is 9.71 Å². The predicted molar refractivity (Wildman–Crippen MR) is 177 cm³/mol. The van der Waals surface area contributed by atoms with E-state index in [0.29, 0.717) is 0 Å². The fourth-order valence-electron chi connectivity index (χ4n) is 4.94. The van der Waals surface area contributed by atoms with Gasteiger partial charge in [-0.3, -0.25) is 0 Å². The summed E-state index contributed by atoms with van der Waals surface area (Å²) in [5.74, 6) is -1.23. The van der Waals surface area contributed by atoms with Gasteiger partial charge in [-0.2, -0.15) is 0 Å². The van der Waals surface area contributed by atoms with Crippen molar-refractivity contribution in [2.24, 2.45) is 5.41 Å². The molecule has 0 radical (unpaired) electrons. The molecule has 11 heteroatoms. The van der Waals surface area contributed by atoms with Crippen LogP contribution in [0.1, 0.15) is 58.8 Å². The maximum absolute atomic E-state index is 13.6. The topological polar surface area (TPSA) is 139 Å². The maximum atomic E-state index is 13.6. The van der Waals surface area contributed by atoms with E-state index >= 15 is 0 Å². The predicted octanol–water partition coefficient (Wildman–Crippen LogP) is 6.65. The van der Waals surface area contributed by atoms with E-state index in [1.165, 1.54) is 18.3 Å². The summed E-state index contributed by atoms with van der Waals surface area (Å²) in [6.07, 6.45) is 0.704. The van der Waals surface area contributed by atoms with Gasteiger partial charge in [0.2, 0.25) is 0 Å². The third-order valence-electron chi connectivity index (χ3n) is 6.97. The number of carboxylic acids is 1. The van der Waals surface area contributed by atoms with Crippen LogP contribution in [0.25, 0.3) is 11.1 Å². The van der Waals surface area contributed by atoms with Gasteiger partial charge in [0.25, 0.3) is 10.0 Å². The minimum absolute atomic E-state index is 0.00975. The molecule has 2 aromatic heterocycles. The Morgan fingerprint density at radius 2 is 1.48 bits per heavy atom. The number of pyridine rings is 2. The molecule has 0 aliphatic heterocycles. The van der Waals surface area contributed by atoms with Crippen LogP contribution in [0.2, 0.25) is 0 Å². The van der Waals surface area contributed by atoms with Crippen molar-refractivity contribution in [2.75, 3.05) is 4.90 Å². The first-order valence-corrected chi connectivity index (χ1v) is 16.3. The van der Waals surface area contributed by atoms with Crippen LogP contribution in [-0.4, -0.2) is 47.2 Å². The quantitative estimate of drug-likeness (QED) is 0.196. The SMILES string of the molecule is CC(C)(C)OC(=O)N(c1cccc(C(Cc2ccc(-c3ccccc3)cc2)NS(=O)(=O)c2ccccn2)n1)C(C(=O)O)C(C)(C)C. The number of aliphatic carboxylic acids is 1. The summed E-state index contributed by atoms with van der Waals surface area (Å²) in [4.78, 5) is 35.9. The van der Waals surface area contributed by atoms with Crippen molar-refractivity contribution < 1.29 is 27.9 Å². The molecule has 2 heterocycles. The molecule has 2 N–H and O–H groups in total. The van der Waals surface area contributed by atoms with Crippen LogP contribution < -0.4 is 9.62 Å². The molecule has 1 amide bonds. The zero-order chi connectivity index (χ0) is 33.7. The van der Waals surface area contributed by atoms with Crippen molar-refractivity contribution in [2.45, 2.75) is 70.7 Å². The summed E-state index contributed by atoms with van der Waals surface area (Å²) >= 11 is 0. The number of hydrogen-bond acceptors (Lipinski definition) is 7. The summed E-state index contributed by atoms with van der Waals surface area (Å²) in [6, 6.07) is 24.7. The number of carbonyl (C=O) groups excluding carboxylic acids is 1. The van der Waals surface area contributed by atoms with Crippen LogP contribution >= 0.6 is 0 Å². The van der Waals surface area contributed by atoms with E-state index in [1.807, 2.05) is 54.6 Å². The van der Waals surface area contributed by atoms with Gasteiger partial charge in [-0.05, 0) is 73.6 Å². The highest BCUT2D eigenvalue weighted by molar-refractivity contribution is 7.89. The Bertz CT molecular complexity index is 1750. The highest BCUT2D eigenvalue weighted by Gasteiger charge is 2.43. The van der Waals surface area contributed by atoms with Gasteiger partial charge in [-0.15, -0.1) is 0 Å². The molecule has 0 saturated heterocycles. The summed E-state index contributed by atoms with van der Waals surface area (Å²) < 4.78 is 35.3. The minimum atomic E-state index is -4.11. The van der Waals surface area contributed by atoms with E-state index < -0.39 is 45.2 Å². The molecule has 0 bridgehead atoms. The van der Waals surface area contributed by atoms with Crippen molar-refractivity contribution >= 4 is 27.9 Å². The lowest BCUT2D eigenvalue weighted by Gasteiger charge is -2.37. The lowest BCUT2D eigenvalue weighted by Crippen LogP contribution is -2.54. The largest absolute Gasteiger partial charge is 0.480 e. The monoisotopic (exact) mass is 644 g/mol. The van der Waals surface area contributed by atoms with Crippen molar-refractivity contribution in [3.8, 4) is 11.1 Å². The summed E-state index contributed by atoms with van der Waals surface area (Å²) in [6.45, 7) is 10.2. The van der Waals surface area contributed by atoms with Gasteiger partial charge in [0.15, 0.2) is 5.03 Å². The molecule has 0 aliphatic rings. The second-order valence-electron chi connectivity index (χ2n) is 13.0. The first-order valence-electron chi connectivity index (χ1n) is 14.8. The lowest BCUT2D eigenvalue weighted by molar-refractivity contribution is -0.141. The molecule has 2 unspecified atom stereocenters. The number of amides is 1. The molecule has 0 spiro atoms. The molecule has 4 rings (SSSR count). The lowest BCUT2D eigenvalue weighted by atomic mass is 9.85. The molecule has 10 nitrogen and oxygen atoms in total. The number of sulfonamides is 1. The number of carboxylic acid groups (broad SMARTS) is 1. The number of hydrogen-bond donors (Lipinski definition) is 2. The number of nitrogens with zero attached hydrogens (tertiary/aromatic N) is 3. The van der Waals surface area contributed by atoms with E-state index in [1.54, 1.807) is 65.8 Å². The molecule has 46 heavy (non-hydrogen) atoms. The summed E-state index contributed by atoms with van der Waals surface area (Å²) in [7, 11) is -4.11. The van der Waals surface area contributed by atoms with Crippen molar-refractivity contribution in [3.05, 3.63) is 108 Å². The van der Waals surface area contributed by atoms with Crippen molar-refractivity contribution in [1.29, 1.82) is 0 Å². The van der Waals surface area contributed by atoms with Crippen LogP contribution in [-0.2, 0) is 26.0 Å². The van der Waals surface area contributed by atoms with Crippen LogP contribution in [0.15, 0.2) is 102 Å². The average molecular weight is 645 g/mol. The molecule has 2 atom stereocenters. The molecule has 0 fully saturated rings. The van der Waals surface area contributed by atoms with Gasteiger partial charge in [0, 0.05) is 6.20 Å². The number of anilines is 1. The van der Waals surface area contributed by atoms with E-state index in [4.69, 9.17) is 9.72 Å². The Balaban J connectivity index is 1.79. The third kappa shape index (κ3) is 8.76. The van der Waals surface area contributed by atoms with Gasteiger partial charge in [-0.25, -0.2) is 37.6 Å². The Morgan fingerprint density at radius 3 is 2.04 bits per heavy atom. The van der Waals surface area contributed by atoms with Gasteiger partial charge < -0.3 is 9.84 Å². The Hall–Kier alpha value is -4.61. The zero-order valence-electron chi connectivity index (χ0n) is 26.8. The second-order valence-corrected chi connectivity index (χ2v) is 14.6. The molecular formula is C35H40N4O6S. The number of ether oxygens (including phenoxy) is 1. The average Bonchev–Trinajstić information content (AvgIpc) is 2.99. The second kappa shape index (κ2) is 13.8. The smallest absolute Gasteiger partial charge is 0.416 e. The first-order chi connectivity index (χ1) is 21.5. The summed E-state index contributed by atoms with van der Waals surface area (Å²) in [5.41, 5.74) is 1.31. The fraction of sp³-hybridized carbons (Fsp3) is 0.314. The van der Waals surface area contributed by atoms with Crippen molar-refractivity contribution in [1.82, 2.24) is 14.7 Å². The number of aromatic nitrogens is 2. The third-order valence-corrected chi connectivity index (χ3v) is 8.36. The molecule has 4 aromatic rings. The number of benzene rings is 2. The molecule has 0 saturated carbocycles. The van der Waals surface area contributed by atoms with Crippen LogP contribution in [0, 0.1) is 5.41 Å². The number of carbonyl (C=O) groups is 2. The highest BCUT2D eigenvalue weighted by atomic mass is 32.2. The Kier molecular flexibility index (Phi) is 10.3.